The van der Waals surface area contributed by atoms with Crippen LogP contribution in [0, 0.1) is 18.5 Å². The van der Waals surface area contributed by atoms with Crippen LogP contribution in [0.1, 0.15) is 30.4 Å². The third-order valence-corrected chi connectivity index (χ3v) is 10.3. The molecule has 0 atom stereocenters. The Kier molecular flexibility index (Phi) is 7.64. The molecule has 0 radical (unpaired) electrons. The van der Waals surface area contributed by atoms with Gasteiger partial charge in [-0.15, -0.1) is 17.8 Å². The molecule has 0 N–H and O–H groups in total. The first kappa shape index (κ1) is 31.4. The fourth-order valence-electron chi connectivity index (χ4n) is 7.75. The molecule has 0 aliphatic carbocycles. The molecule has 0 amide bonds. The van der Waals surface area contributed by atoms with Gasteiger partial charge in [0.1, 0.15) is 11.7 Å². The van der Waals surface area contributed by atoms with Gasteiger partial charge >= 0.3 is 6.98 Å². The summed E-state index contributed by atoms with van der Waals surface area (Å²) in [6.45, 7) is 3.86. The second-order valence-corrected chi connectivity index (χ2v) is 14.6. The number of pyridine rings is 2. The molecule has 0 saturated heterocycles. The van der Waals surface area contributed by atoms with Gasteiger partial charge in [-0.3, -0.25) is 4.98 Å². The van der Waals surface area contributed by atoms with Gasteiger partial charge in [0.05, 0.1) is 22.1 Å². The molecule has 0 fully saturated rings. The Hall–Kier alpha value is -5.98. The van der Waals surface area contributed by atoms with E-state index >= 15 is 0 Å². The number of para-hydroxylation sites is 3. The average molecular weight is 897 g/mol. The van der Waals surface area contributed by atoms with Crippen molar-refractivity contribution in [2.75, 3.05) is 9.62 Å². The number of hydrogen-bond acceptors (Lipinski definition) is 5. The van der Waals surface area contributed by atoms with E-state index in [1.165, 1.54) is 4.57 Å². The van der Waals surface area contributed by atoms with E-state index in [4.69, 9.17) is 18.8 Å². The summed E-state index contributed by atoms with van der Waals surface area (Å²) in [5.41, 5.74) is 11.1. The van der Waals surface area contributed by atoms with E-state index in [0.29, 0.717) is 22.5 Å². The first-order chi connectivity index (χ1) is 27.5. The van der Waals surface area contributed by atoms with Gasteiger partial charge in [-0.1, -0.05) is 123 Å². The van der Waals surface area contributed by atoms with Gasteiger partial charge in [0.25, 0.3) is 0 Å². The molecule has 8 aromatic rings. The zero-order chi connectivity index (χ0) is 39.1. The summed E-state index contributed by atoms with van der Waals surface area (Å²) < 4.78 is 33.6. The monoisotopic (exact) mass is 896 g/mol. The summed E-state index contributed by atoms with van der Waals surface area (Å²) in [6, 6.07) is 49.6. The van der Waals surface area contributed by atoms with Gasteiger partial charge in [0, 0.05) is 44.3 Å². The van der Waals surface area contributed by atoms with Gasteiger partial charge in [-0.25, -0.2) is 4.98 Å². The van der Waals surface area contributed by atoms with E-state index in [-0.39, 0.29) is 39.3 Å². The SMILES string of the molecule is [2H]C([2H])([2H])[n+]1[c-]n(-c2[c-]c(Oc3[c-]c4c(cn3)N3B(c5ccccc5-c5ccccc5-c5ccccc53)N4c3cc(C(C)(C)C)ccn3)ccc2)c2ccccc21.[Pt]. The van der Waals surface area contributed by atoms with Crippen LogP contribution in [-0.4, -0.2) is 21.5 Å². The van der Waals surface area contributed by atoms with E-state index < -0.39 is 6.98 Å². The van der Waals surface area contributed by atoms with Crippen LogP contribution in [0.25, 0.3) is 39.0 Å². The zero-order valence-electron chi connectivity index (χ0n) is 33.3. The van der Waals surface area contributed by atoms with Crippen molar-refractivity contribution in [2.24, 2.45) is 6.98 Å². The molecule has 5 heterocycles. The maximum Gasteiger partial charge on any atom is 0.402 e. The molecule has 0 spiro atoms. The Bertz CT molecular complexity index is 2870. The van der Waals surface area contributed by atoms with Gasteiger partial charge in [0.2, 0.25) is 6.33 Å². The molecule has 2 aliphatic heterocycles. The zero-order valence-corrected chi connectivity index (χ0v) is 32.5. The van der Waals surface area contributed by atoms with E-state index in [9.17, 15) is 0 Å². The maximum atomic E-state index is 8.09. The molecule has 0 bridgehead atoms. The van der Waals surface area contributed by atoms with Crippen LogP contribution in [0.4, 0.5) is 22.9 Å². The summed E-state index contributed by atoms with van der Waals surface area (Å²) >= 11 is 0. The Morgan fingerprint density at radius 3 is 2.27 bits per heavy atom. The van der Waals surface area contributed by atoms with Crippen LogP contribution in [-0.2, 0) is 33.5 Å². The van der Waals surface area contributed by atoms with Crippen molar-refractivity contribution in [1.82, 2.24) is 14.5 Å². The summed E-state index contributed by atoms with van der Waals surface area (Å²) in [7, 11) is 0. The topological polar surface area (TPSA) is 50.3 Å². The molecular formula is C46H35BN6OPt-2. The van der Waals surface area contributed by atoms with Crippen molar-refractivity contribution in [3.05, 3.63) is 164 Å². The minimum atomic E-state index is -2.41. The first-order valence-electron chi connectivity index (χ1n) is 19.5. The number of fused-ring (bicyclic) bond motifs is 11. The van der Waals surface area contributed by atoms with E-state index in [0.717, 1.165) is 56.2 Å². The number of aryl methyl sites for hydroxylation is 1. The number of rotatable bonds is 4. The van der Waals surface area contributed by atoms with E-state index in [1.54, 1.807) is 16.7 Å². The molecule has 55 heavy (non-hydrogen) atoms. The normalized spacial score (nSPS) is 13.9. The first-order valence-corrected chi connectivity index (χ1v) is 18.0. The van der Waals surface area contributed by atoms with Crippen LogP contribution >= 0.6 is 0 Å². The van der Waals surface area contributed by atoms with Crippen LogP contribution in [0.3, 0.4) is 0 Å². The molecule has 0 saturated carbocycles. The summed E-state index contributed by atoms with van der Waals surface area (Å²) in [6.07, 6.45) is 6.75. The predicted molar refractivity (Wildman–Crippen MR) is 215 cm³/mol. The van der Waals surface area contributed by atoms with Crippen LogP contribution in [0.2, 0.25) is 0 Å². The summed E-state index contributed by atoms with van der Waals surface area (Å²) in [5.74, 6) is 1.41. The fourth-order valence-corrected chi connectivity index (χ4v) is 7.75. The van der Waals surface area contributed by atoms with Gasteiger partial charge in [-0.05, 0) is 57.5 Å². The number of aromatic nitrogens is 4. The van der Waals surface area contributed by atoms with Crippen molar-refractivity contribution in [1.29, 1.82) is 0 Å². The van der Waals surface area contributed by atoms with Crippen molar-refractivity contribution in [3.8, 4) is 39.6 Å². The second kappa shape index (κ2) is 13.4. The Morgan fingerprint density at radius 2 is 1.45 bits per heavy atom. The number of benzene rings is 5. The minimum absolute atomic E-state index is 0. The molecule has 5 aromatic carbocycles. The predicted octanol–water partition coefficient (Wildman–Crippen LogP) is 9.07. The van der Waals surface area contributed by atoms with Crippen LogP contribution in [0.5, 0.6) is 11.6 Å². The largest absolute Gasteiger partial charge is 0.485 e. The van der Waals surface area contributed by atoms with Crippen LogP contribution in [0.15, 0.2) is 140 Å². The minimum Gasteiger partial charge on any atom is -0.485 e. The molecule has 7 nitrogen and oxygen atoms in total. The summed E-state index contributed by atoms with van der Waals surface area (Å²) in [5, 5.41) is 0. The van der Waals surface area contributed by atoms with Gasteiger partial charge in [0.15, 0.2) is 0 Å². The third-order valence-electron chi connectivity index (χ3n) is 10.3. The number of imidazole rings is 1. The van der Waals surface area contributed by atoms with Crippen LogP contribution < -0.4 is 24.4 Å². The Morgan fingerprint density at radius 1 is 0.727 bits per heavy atom. The summed E-state index contributed by atoms with van der Waals surface area (Å²) in [4.78, 5) is 14.5. The molecule has 0 unspecified atom stereocenters. The molecule has 2 aliphatic rings. The van der Waals surface area contributed by atoms with E-state index in [2.05, 4.69) is 134 Å². The number of nitrogens with zero attached hydrogens (tertiary/aromatic N) is 6. The maximum absolute atomic E-state index is 8.09. The van der Waals surface area contributed by atoms with Gasteiger partial charge < -0.3 is 23.5 Å². The molecule has 270 valence electrons. The van der Waals surface area contributed by atoms with Gasteiger partial charge in [-0.2, -0.15) is 18.2 Å². The standard InChI is InChI=1S/C46H35BN6O.Pt/c1-46(2,3)31-24-25-48-44(26-31)53-42-28-45(54-33-15-13-14-32(27-33)51-30-50(4)40-22-11-12-23-41(40)51)49-29-43(42)52-39-21-10-8-19-37(39)35-17-6-5-16-34(35)36-18-7-9-20-38(36)47(52)53;/h5-26,29H,1-4H3;/q-2;/i4D3;. The third kappa shape index (κ3) is 5.75. The number of hydrogen-bond donors (Lipinski definition) is 0. The number of anilines is 4. The van der Waals surface area contributed by atoms with E-state index in [1.807, 2.05) is 42.7 Å². The molecule has 10 rings (SSSR count). The van der Waals surface area contributed by atoms with Crippen molar-refractivity contribution >= 4 is 46.4 Å². The Balaban J connectivity index is 0.00000436. The molecule has 3 aromatic heterocycles. The smallest absolute Gasteiger partial charge is 0.402 e. The number of ether oxygens (including phenoxy) is 1. The van der Waals surface area contributed by atoms with Crippen molar-refractivity contribution in [3.63, 3.8) is 0 Å². The quantitative estimate of drug-likeness (QED) is 0.100. The molecular weight excluding hydrogens is 858 g/mol. The van der Waals surface area contributed by atoms with Crippen molar-refractivity contribution in [2.45, 2.75) is 26.2 Å². The average Bonchev–Trinajstić information content (AvgIpc) is 3.77. The molecule has 9 heteroatoms. The second-order valence-electron chi connectivity index (χ2n) is 14.6. The fraction of sp³-hybridized carbons (Fsp3) is 0.109. The Labute approximate surface area is 340 Å². The van der Waals surface area contributed by atoms with Crippen molar-refractivity contribution < 1.29 is 34.5 Å².